The molecular weight excluding hydrogens is 316 g/mol. The van der Waals surface area contributed by atoms with Gasteiger partial charge in [0.2, 0.25) is 0 Å². The van der Waals surface area contributed by atoms with Gasteiger partial charge in [-0.25, -0.2) is 0 Å². The molecule has 2 aliphatic carbocycles. The highest BCUT2D eigenvalue weighted by Gasteiger charge is 2.20. The second kappa shape index (κ2) is 9.15. The summed E-state index contributed by atoms with van der Waals surface area (Å²) in [6.07, 6.45) is 13.2. The summed E-state index contributed by atoms with van der Waals surface area (Å²) in [6, 6.07) is 6.34. The molecule has 2 heteroatoms. The van der Waals surface area contributed by atoms with E-state index < -0.39 is 0 Å². The average molecular weight is 357 g/mol. The molecule has 2 saturated carbocycles. The van der Waals surface area contributed by atoms with Gasteiger partial charge in [0.05, 0.1) is 0 Å². The molecule has 26 heavy (non-hydrogen) atoms. The van der Waals surface area contributed by atoms with Gasteiger partial charge in [-0.15, -0.1) is 0 Å². The molecule has 0 spiro atoms. The van der Waals surface area contributed by atoms with E-state index in [0.717, 1.165) is 0 Å². The van der Waals surface area contributed by atoms with Crippen molar-refractivity contribution >= 4 is 11.4 Å². The van der Waals surface area contributed by atoms with E-state index in [4.69, 9.17) is 0 Å². The van der Waals surface area contributed by atoms with E-state index >= 15 is 0 Å². The van der Waals surface area contributed by atoms with Crippen LogP contribution in [0.2, 0.25) is 0 Å². The zero-order valence-corrected chi connectivity index (χ0v) is 17.5. The van der Waals surface area contributed by atoms with Crippen molar-refractivity contribution < 1.29 is 0 Å². The molecule has 0 radical (unpaired) electrons. The molecule has 146 valence electrons. The maximum Gasteiger partial charge on any atom is 0.0395 e. The third-order valence-electron chi connectivity index (χ3n) is 6.01. The molecular formula is C24H40N2. The molecule has 0 atom stereocenters. The largest absolute Gasteiger partial charge is 0.382 e. The molecule has 1 aromatic rings. The number of rotatable bonds is 8. The first-order valence-electron chi connectivity index (χ1n) is 11.2. The summed E-state index contributed by atoms with van der Waals surface area (Å²) >= 11 is 0. The van der Waals surface area contributed by atoms with Gasteiger partial charge in [-0.3, -0.25) is 0 Å². The lowest BCUT2D eigenvalue weighted by Crippen LogP contribution is -2.19. The third-order valence-corrected chi connectivity index (χ3v) is 6.01. The predicted octanol–water partition coefficient (Wildman–Crippen LogP) is 6.79. The van der Waals surface area contributed by atoms with E-state index in [1.54, 1.807) is 0 Å². The smallest absolute Gasteiger partial charge is 0.0395 e. The molecule has 0 heterocycles. The third kappa shape index (κ3) is 5.41. The van der Waals surface area contributed by atoms with Crippen LogP contribution in [0.3, 0.4) is 0 Å². The summed E-state index contributed by atoms with van der Waals surface area (Å²) in [4.78, 5) is 0. The number of hydrogen-bond acceptors (Lipinski definition) is 2. The summed E-state index contributed by atoms with van der Waals surface area (Å²) in [5.74, 6) is 1.39. The Morgan fingerprint density at radius 3 is 1.42 bits per heavy atom. The standard InChI is InChI=1S/C24H40N2/c1-17(2)13-19-15-20(14-18(3)4)24(26-22-11-7-8-12-22)16-23(19)25-21-9-5-6-10-21/h15-18,21-22,25-26H,5-14H2,1-4H3. The lowest BCUT2D eigenvalue weighted by atomic mass is 9.93. The van der Waals surface area contributed by atoms with Gasteiger partial charge in [-0.05, 0) is 67.6 Å². The Morgan fingerprint density at radius 2 is 1.08 bits per heavy atom. The molecule has 2 fully saturated rings. The van der Waals surface area contributed by atoms with Crippen LogP contribution in [0, 0.1) is 11.8 Å². The summed E-state index contributed by atoms with van der Waals surface area (Å²) in [7, 11) is 0. The van der Waals surface area contributed by atoms with Gasteiger partial charge >= 0.3 is 0 Å². The van der Waals surface area contributed by atoms with Crippen molar-refractivity contribution in [2.45, 2.75) is 104 Å². The Balaban J connectivity index is 1.89. The summed E-state index contributed by atoms with van der Waals surface area (Å²) < 4.78 is 0. The minimum atomic E-state index is 0.677. The van der Waals surface area contributed by atoms with E-state index in [1.165, 1.54) is 86.7 Å². The fraction of sp³-hybridized carbons (Fsp3) is 0.750. The van der Waals surface area contributed by atoms with Crippen LogP contribution in [-0.2, 0) is 12.8 Å². The molecule has 0 saturated heterocycles. The van der Waals surface area contributed by atoms with E-state index in [0.29, 0.717) is 23.9 Å². The van der Waals surface area contributed by atoms with Crippen molar-refractivity contribution in [2.24, 2.45) is 11.8 Å². The van der Waals surface area contributed by atoms with Crippen LogP contribution in [0.5, 0.6) is 0 Å². The van der Waals surface area contributed by atoms with Crippen molar-refractivity contribution in [3.8, 4) is 0 Å². The number of hydrogen-bond donors (Lipinski definition) is 2. The molecule has 2 N–H and O–H groups in total. The van der Waals surface area contributed by atoms with Gasteiger partial charge in [0, 0.05) is 23.5 Å². The Bertz CT molecular complexity index is 517. The van der Waals surface area contributed by atoms with Crippen LogP contribution < -0.4 is 10.6 Å². The minimum Gasteiger partial charge on any atom is -0.382 e. The van der Waals surface area contributed by atoms with Crippen molar-refractivity contribution in [1.82, 2.24) is 0 Å². The van der Waals surface area contributed by atoms with Gasteiger partial charge in [0.15, 0.2) is 0 Å². The topological polar surface area (TPSA) is 24.1 Å². The maximum atomic E-state index is 3.92. The van der Waals surface area contributed by atoms with Gasteiger partial charge in [-0.1, -0.05) is 59.4 Å². The highest BCUT2D eigenvalue weighted by Crippen LogP contribution is 2.34. The molecule has 2 aliphatic rings. The molecule has 2 nitrogen and oxygen atoms in total. The summed E-state index contributed by atoms with van der Waals surface area (Å²) in [5, 5.41) is 7.84. The van der Waals surface area contributed by atoms with E-state index in [9.17, 15) is 0 Å². The highest BCUT2D eigenvalue weighted by molar-refractivity contribution is 5.66. The van der Waals surface area contributed by atoms with E-state index in [2.05, 4.69) is 50.5 Å². The Labute approximate surface area is 161 Å². The molecule has 0 bridgehead atoms. The fourth-order valence-electron chi connectivity index (χ4n) is 4.76. The normalized spacial score (nSPS) is 19.0. The number of nitrogens with one attached hydrogen (secondary N) is 2. The van der Waals surface area contributed by atoms with E-state index in [1.807, 2.05) is 0 Å². The average Bonchev–Trinajstić information content (AvgIpc) is 3.24. The van der Waals surface area contributed by atoms with Crippen molar-refractivity contribution in [3.63, 3.8) is 0 Å². The molecule has 0 aliphatic heterocycles. The van der Waals surface area contributed by atoms with Crippen LogP contribution in [0.1, 0.15) is 90.2 Å². The molecule has 3 rings (SSSR count). The number of benzene rings is 1. The molecule has 0 amide bonds. The van der Waals surface area contributed by atoms with E-state index in [-0.39, 0.29) is 0 Å². The van der Waals surface area contributed by atoms with Crippen LogP contribution >= 0.6 is 0 Å². The van der Waals surface area contributed by atoms with Gasteiger partial charge in [0.25, 0.3) is 0 Å². The SMILES string of the molecule is CC(C)Cc1cc(CC(C)C)c(NC2CCCC2)cc1NC1CCCC1. The van der Waals surface area contributed by atoms with Crippen LogP contribution in [0.15, 0.2) is 12.1 Å². The quantitative estimate of drug-likeness (QED) is 0.535. The second-order valence-corrected chi connectivity index (χ2v) is 9.61. The van der Waals surface area contributed by atoms with Crippen molar-refractivity contribution in [3.05, 3.63) is 23.3 Å². The van der Waals surface area contributed by atoms with Gasteiger partial charge < -0.3 is 10.6 Å². The lowest BCUT2D eigenvalue weighted by Gasteiger charge is -2.24. The Morgan fingerprint density at radius 1 is 0.692 bits per heavy atom. The maximum absolute atomic E-state index is 3.92. The van der Waals surface area contributed by atoms with Crippen molar-refractivity contribution in [2.75, 3.05) is 10.6 Å². The zero-order chi connectivity index (χ0) is 18.5. The first-order valence-corrected chi connectivity index (χ1v) is 11.2. The monoisotopic (exact) mass is 356 g/mol. The molecule has 0 aromatic heterocycles. The fourth-order valence-corrected chi connectivity index (χ4v) is 4.76. The molecule has 0 unspecified atom stereocenters. The van der Waals surface area contributed by atoms with Crippen LogP contribution in [0.25, 0.3) is 0 Å². The molecule has 1 aromatic carbocycles. The lowest BCUT2D eigenvalue weighted by molar-refractivity contribution is 0.634. The highest BCUT2D eigenvalue weighted by atomic mass is 15.0. The summed E-state index contributed by atoms with van der Waals surface area (Å²) in [6.45, 7) is 9.36. The number of anilines is 2. The zero-order valence-electron chi connectivity index (χ0n) is 17.5. The second-order valence-electron chi connectivity index (χ2n) is 9.61. The predicted molar refractivity (Wildman–Crippen MR) is 115 cm³/mol. The Kier molecular flexibility index (Phi) is 6.89. The minimum absolute atomic E-state index is 0.677. The first kappa shape index (κ1) is 19.6. The van der Waals surface area contributed by atoms with Crippen LogP contribution in [0.4, 0.5) is 11.4 Å². The Hall–Kier alpha value is -1.18. The first-order chi connectivity index (χ1) is 12.5. The van der Waals surface area contributed by atoms with Crippen molar-refractivity contribution in [1.29, 1.82) is 0 Å². The van der Waals surface area contributed by atoms with Gasteiger partial charge in [-0.2, -0.15) is 0 Å². The van der Waals surface area contributed by atoms with Crippen LogP contribution in [-0.4, -0.2) is 12.1 Å². The summed E-state index contributed by atoms with van der Waals surface area (Å²) in [5.41, 5.74) is 5.86. The van der Waals surface area contributed by atoms with Gasteiger partial charge in [0.1, 0.15) is 0 Å².